The summed E-state index contributed by atoms with van der Waals surface area (Å²) in [5.41, 5.74) is 0. The maximum Gasteiger partial charge on any atom is 0.244 e. The smallest absolute Gasteiger partial charge is 0.242 e. The first-order chi connectivity index (χ1) is 8.90. The van der Waals surface area contributed by atoms with E-state index < -0.39 is 16.1 Å². The number of aromatic nitrogens is 5. The van der Waals surface area contributed by atoms with Crippen LogP contribution in [-0.2, 0) is 10.0 Å². The number of pyridine rings is 1. The summed E-state index contributed by atoms with van der Waals surface area (Å²) in [6.07, 6.45) is 1.41. The monoisotopic (exact) mass is 366 g/mol. The van der Waals surface area contributed by atoms with Crippen molar-refractivity contribution < 1.29 is 8.42 Å². The van der Waals surface area contributed by atoms with Gasteiger partial charge in [0, 0.05) is 10.7 Å². The molecule has 1 atom stereocenters. The van der Waals surface area contributed by atoms with Gasteiger partial charge in [-0.05, 0) is 28.9 Å². The molecule has 0 spiro atoms. The number of sulfonamides is 1. The van der Waals surface area contributed by atoms with Gasteiger partial charge >= 0.3 is 0 Å². The second-order valence-electron chi connectivity index (χ2n) is 3.56. The molecular formula is C8H8BrClN6O2S. The summed E-state index contributed by atoms with van der Waals surface area (Å²) in [7, 11) is -3.83. The number of nitrogens with one attached hydrogen (secondary N) is 2. The zero-order valence-electron chi connectivity index (χ0n) is 9.50. The number of hydrogen-bond donors (Lipinski definition) is 2. The summed E-state index contributed by atoms with van der Waals surface area (Å²) in [6, 6.07) is 0.708. The summed E-state index contributed by atoms with van der Waals surface area (Å²) < 4.78 is 27.2. The Balaban J connectivity index is 2.30. The number of H-pyrrole nitrogens is 1. The highest BCUT2D eigenvalue weighted by Crippen LogP contribution is 2.23. The molecule has 0 saturated carbocycles. The van der Waals surface area contributed by atoms with Crippen molar-refractivity contribution in [3.63, 3.8) is 0 Å². The lowest BCUT2D eigenvalue weighted by Crippen LogP contribution is -2.28. The van der Waals surface area contributed by atoms with Gasteiger partial charge in [-0.3, -0.25) is 0 Å². The zero-order chi connectivity index (χ0) is 14.0. The van der Waals surface area contributed by atoms with E-state index in [-0.39, 0.29) is 15.9 Å². The van der Waals surface area contributed by atoms with Crippen LogP contribution in [-0.4, -0.2) is 34.0 Å². The molecule has 1 unspecified atom stereocenters. The second kappa shape index (κ2) is 5.49. The first-order valence-corrected chi connectivity index (χ1v) is 7.62. The predicted octanol–water partition coefficient (Wildman–Crippen LogP) is 1.05. The van der Waals surface area contributed by atoms with E-state index in [4.69, 9.17) is 11.6 Å². The molecule has 19 heavy (non-hydrogen) atoms. The van der Waals surface area contributed by atoms with Crippen molar-refractivity contribution in [1.29, 1.82) is 0 Å². The lowest BCUT2D eigenvalue weighted by molar-refractivity contribution is 0.559. The SMILES string of the molecule is CC(NS(=O)(=O)c1cc(Br)cnc1Cl)c1nn[nH]n1. The Morgan fingerprint density at radius 2 is 2.26 bits per heavy atom. The molecule has 2 aromatic heterocycles. The van der Waals surface area contributed by atoms with Gasteiger partial charge in [0.25, 0.3) is 0 Å². The molecule has 2 rings (SSSR count). The summed E-state index contributed by atoms with van der Waals surface area (Å²) >= 11 is 8.93. The number of halogens is 2. The fourth-order valence-electron chi connectivity index (χ4n) is 1.29. The second-order valence-corrected chi connectivity index (χ2v) is 6.51. The lowest BCUT2D eigenvalue weighted by Gasteiger charge is -2.11. The summed E-state index contributed by atoms with van der Waals surface area (Å²) in [4.78, 5) is 3.64. The van der Waals surface area contributed by atoms with Crippen LogP contribution < -0.4 is 4.72 Å². The lowest BCUT2D eigenvalue weighted by atomic mass is 10.4. The Morgan fingerprint density at radius 1 is 1.53 bits per heavy atom. The van der Waals surface area contributed by atoms with E-state index in [9.17, 15) is 8.42 Å². The molecule has 0 amide bonds. The topological polar surface area (TPSA) is 114 Å². The Morgan fingerprint density at radius 3 is 2.89 bits per heavy atom. The number of aromatic amines is 1. The van der Waals surface area contributed by atoms with Crippen LogP contribution in [0, 0.1) is 0 Å². The third kappa shape index (κ3) is 3.26. The van der Waals surface area contributed by atoms with Gasteiger partial charge in [0.2, 0.25) is 10.0 Å². The molecule has 8 nitrogen and oxygen atoms in total. The van der Waals surface area contributed by atoms with Crippen LogP contribution in [0.1, 0.15) is 18.8 Å². The summed E-state index contributed by atoms with van der Waals surface area (Å²) in [6.45, 7) is 1.59. The molecule has 0 aliphatic rings. The highest BCUT2D eigenvalue weighted by Gasteiger charge is 2.24. The fourth-order valence-corrected chi connectivity index (χ4v) is 3.44. The molecule has 2 N–H and O–H groups in total. The molecule has 0 aliphatic carbocycles. The number of hydrogen-bond acceptors (Lipinski definition) is 6. The van der Waals surface area contributed by atoms with E-state index in [1.165, 1.54) is 12.3 Å². The minimum absolute atomic E-state index is 0.115. The average molecular weight is 368 g/mol. The Labute approximate surface area is 122 Å². The summed E-state index contributed by atoms with van der Waals surface area (Å²) in [5, 5.41) is 12.9. The molecule has 0 aliphatic heterocycles. The van der Waals surface area contributed by atoms with Gasteiger partial charge in [0.15, 0.2) is 5.82 Å². The van der Waals surface area contributed by atoms with Crippen molar-refractivity contribution in [3.8, 4) is 0 Å². The van der Waals surface area contributed by atoms with Gasteiger partial charge in [-0.25, -0.2) is 18.1 Å². The van der Waals surface area contributed by atoms with Crippen molar-refractivity contribution in [2.75, 3.05) is 0 Å². The van der Waals surface area contributed by atoms with Gasteiger partial charge in [-0.2, -0.15) is 5.21 Å². The van der Waals surface area contributed by atoms with E-state index in [0.29, 0.717) is 4.47 Å². The van der Waals surface area contributed by atoms with E-state index in [2.05, 4.69) is 46.3 Å². The van der Waals surface area contributed by atoms with Gasteiger partial charge in [0.05, 0.1) is 6.04 Å². The van der Waals surface area contributed by atoms with E-state index >= 15 is 0 Å². The first kappa shape index (κ1) is 14.3. The van der Waals surface area contributed by atoms with Crippen molar-refractivity contribution in [2.45, 2.75) is 17.9 Å². The minimum atomic E-state index is -3.83. The van der Waals surface area contributed by atoms with E-state index in [1.807, 2.05) is 0 Å². The van der Waals surface area contributed by atoms with Crippen molar-refractivity contribution in [1.82, 2.24) is 30.3 Å². The third-order valence-corrected chi connectivity index (χ3v) is 4.54. The van der Waals surface area contributed by atoms with Gasteiger partial charge in [-0.15, -0.1) is 10.2 Å². The molecule has 0 fully saturated rings. The number of tetrazole rings is 1. The van der Waals surface area contributed by atoms with Crippen LogP contribution in [0.2, 0.25) is 5.15 Å². The Kier molecular flexibility index (Phi) is 4.13. The van der Waals surface area contributed by atoms with Gasteiger partial charge in [-0.1, -0.05) is 16.8 Å². The third-order valence-electron chi connectivity index (χ3n) is 2.14. The van der Waals surface area contributed by atoms with E-state index in [0.717, 1.165) is 0 Å². The van der Waals surface area contributed by atoms with Crippen LogP contribution in [0.15, 0.2) is 21.6 Å². The number of rotatable bonds is 4. The quantitative estimate of drug-likeness (QED) is 0.781. The maximum absolute atomic E-state index is 12.2. The van der Waals surface area contributed by atoms with E-state index in [1.54, 1.807) is 6.92 Å². The first-order valence-electron chi connectivity index (χ1n) is 4.97. The normalized spacial score (nSPS) is 13.4. The van der Waals surface area contributed by atoms with Crippen molar-refractivity contribution in [3.05, 3.63) is 27.7 Å². The van der Waals surface area contributed by atoms with Crippen LogP contribution in [0.5, 0.6) is 0 Å². The fraction of sp³-hybridized carbons (Fsp3) is 0.250. The van der Waals surface area contributed by atoms with Crippen LogP contribution in [0.3, 0.4) is 0 Å². The summed E-state index contributed by atoms with van der Waals surface area (Å²) in [5.74, 6) is 0.225. The van der Waals surface area contributed by atoms with Crippen molar-refractivity contribution >= 4 is 37.6 Å². The average Bonchev–Trinajstić information content (AvgIpc) is 2.85. The van der Waals surface area contributed by atoms with Gasteiger partial charge < -0.3 is 0 Å². The molecule has 0 aromatic carbocycles. The standard InChI is InChI=1S/C8H8BrClN6O2S/c1-4(8-12-15-16-13-8)14-19(17,18)6-2-5(9)3-11-7(6)10/h2-4,14H,1H3,(H,12,13,15,16). The molecule has 0 saturated heterocycles. The van der Waals surface area contributed by atoms with Crippen LogP contribution in [0.25, 0.3) is 0 Å². The number of nitrogens with zero attached hydrogens (tertiary/aromatic N) is 4. The molecule has 102 valence electrons. The van der Waals surface area contributed by atoms with Crippen molar-refractivity contribution in [2.24, 2.45) is 0 Å². The van der Waals surface area contributed by atoms with Gasteiger partial charge in [0.1, 0.15) is 10.0 Å². The molecule has 0 radical (unpaired) electrons. The highest BCUT2D eigenvalue weighted by molar-refractivity contribution is 9.10. The zero-order valence-corrected chi connectivity index (χ0v) is 12.7. The molecular weight excluding hydrogens is 360 g/mol. The molecule has 11 heteroatoms. The van der Waals surface area contributed by atoms with Crippen LogP contribution >= 0.6 is 27.5 Å². The predicted molar refractivity (Wildman–Crippen MR) is 69.9 cm³/mol. The van der Waals surface area contributed by atoms with Crippen LogP contribution in [0.4, 0.5) is 0 Å². The molecule has 2 heterocycles. The minimum Gasteiger partial charge on any atom is -0.242 e. The maximum atomic E-state index is 12.2. The molecule has 2 aromatic rings. The highest BCUT2D eigenvalue weighted by atomic mass is 79.9. The molecule has 0 bridgehead atoms. The Bertz CT molecular complexity index is 677. The Hall–Kier alpha value is -1.10. The largest absolute Gasteiger partial charge is 0.244 e.